The summed E-state index contributed by atoms with van der Waals surface area (Å²) in [7, 11) is 0. The molecule has 0 aliphatic heterocycles. The first kappa shape index (κ1) is 17.1. The number of aryl methyl sites for hydroxylation is 1. The van der Waals surface area contributed by atoms with E-state index in [-0.39, 0.29) is 17.5 Å². The van der Waals surface area contributed by atoms with Crippen LogP contribution in [0.25, 0.3) is 0 Å². The molecule has 0 unspecified atom stereocenters. The van der Waals surface area contributed by atoms with Crippen LogP contribution in [0.3, 0.4) is 0 Å². The molecule has 0 aliphatic rings. The van der Waals surface area contributed by atoms with Gasteiger partial charge in [0.25, 0.3) is 11.6 Å². The van der Waals surface area contributed by atoms with E-state index in [1.165, 1.54) is 12.1 Å². The average molecular weight is 327 g/mol. The van der Waals surface area contributed by atoms with Crippen molar-refractivity contribution >= 4 is 28.9 Å². The maximum Gasteiger partial charge on any atom is 0.271 e. The minimum atomic E-state index is -0.514. The monoisotopic (exact) mass is 327 g/mol. The van der Waals surface area contributed by atoms with Crippen molar-refractivity contribution in [3.8, 4) is 0 Å². The minimum Gasteiger partial charge on any atom is -0.326 e. The number of nitro benzene ring substituents is 1. The van der Waals surface area contributed by atoms with E-state index >= 15 is 0 Å². The van der Waals surface area contributed by atoms with Crippen LogP contribution < -0.4 is 10.6 Å². The molecule has 0 bridgehead atoms. The van der Waals surface area contributed by atoms with Gasteiger partial charge in [-0.3, -0.25) is 19.7 Å². The van der Waals surface area contributed by atoms with E-state index in [1.807, 2.05) is 0 Å². The van der Waals surface area contributed by atoms with Crippen molar-refractivity contribution in [1.29, 1.82) is 0 Å². The molecule has 7 nitrogen and oxygen atoms in total. The van der Waals surface area contributed by atoms with Crippen LogP contribution >= 0.6 is 0 Å². The van der Waals surface area contributed by atoms with Crippen LogP contribution in [0, 0.1) is 17.0 Å². The third-order valence-corrected chi connectivity index (χ3v) is 3.43. The molecule has 2 aromatic carbocycles. The Labute approximate surface area is 138 Å². The Morgan fingerprint density at radius 2 is 1.75 bits per heavy atom. The highest BCUT2D eigenvalue weighted by atomic mass is 16.6. The van der Waals surface area contributed by atoms with Crippen molar-refractivity contribution in [2.45, 2.75) is 20.3 Å². The number of rotatable bonds is 5. The van der Waals surface area contributed by atoms with Gasteiger partial charge in [-0.15, -0.1) is 0 Å². The number of anilines is 2. The number of nitro groups is 1. The summed E-state index contributed by atoms with van der Waals surface area (Å²) in [6, 6.07) is 10.7. The number of nitrogens with one attached hydrogen (secondary N) is 2. The molecule has 0 aromatic heterocycles. The first-order chi connectivity index (χ1) is 11.4. The molecule has 0 saturated carbocycles. The van der Waals surface area contributed by atoms with Crippen LogP contribution in [0.5, 0.6) is 0 Å². The Hall–Kier alpha value is -3.22. The van der Waals surface area contributed by atoms with Gasteiger partial charge in [0.15, 0.2) is 0 Å². The van der Waals surface area contributed by atoms with Gasteiger partial charge < -0.3 is 10.6 Å². The standard InChI is InChI=1S/C17H17N3O4/c1-3-16(21)18-13-7-5-12(6-8-13)17(22)19-15-10-14(20(23)24)9-4-11(15)2/h4-10H,3H2,1-2H3,(H,18,21)(H,19,22). The molecule has 0 fully saturated rings. The molecule has 0 heterocycles. The van der Waals surface area contributed by atoms with Crippen LogP contribution in [0.2, 0.25) is 0 Å². The number of carbonyl (C=O) groups is 2. The van der Waals surface area contributed by atoms with E-state index < -0.39 is 4.92 Å². The molecule has 0 aliphatic carbocycles. The molecule has 24 heavy (non-hydrogen) atoms. The SMILES string of the molecule is CCC(=O)Nc1ccc(C(=O)Nc2cc([N+](=O)[O-])ccc2C)cc1. The van der Waals surface area contributed by atoms with Crippen LogP contribution in [0.4, 0.5) is 17.1 Å². The molecule has 2 N–H and O–H groups in total. The van der Waals surface area contributed by atoms with Gasteiger partial charge in [0.2, 0.25) is 5.91 Å². The smallest absolute Gasteiger partial charge is 0.271 e. The van der Waals surface area contributed by atoms with Gasteiger partial charge in [-0.2, -0.15) is 0 Å². The van der Waals surface area contributed by atoms with Crippen LogP contribution in [0.15, 0.2) is 42.5 Å². The fraction of sp³-hybridized carbons (Fsp3) is 0.176. The van der Waals surface area contributed by atoms with E-state index in [9.17, 15) is 19.7 Å². The summed E-state index contributed by atoms with van der Waals surface area (Å²) >= 11 is 0. The lowest BCUT2D eigenvalue weighted by molar-refractivity contribution is -0.384. The van der Waals surface area contributed by atoms with Gasteiger partial charge in [0.1, 0.15) is 0 Å². The van der Waals surface area contributed by atoms with Crippen LogP contribution in [0.1, 0.15) is 29.3 Å². The summed E-state index contributed by atoms with van der Waals surface area (Å²) in [5.41, 5.74) is 2.01. The molecule has 2 rings (SSSR count). The second kappa shape index (κ2) is 7.36. The number of benzene rings is 2. The highest BCUT2D eigenvalue weighted by Crippen LogP contribution is 2.22. The third kappa shape index (κ3) is 4.16. The van der Waals surface area contributed by atoms with Gasteiger partial charge in [-0.05, 0) is 36.8 Å². The van der Waals surface area contributed by atoms with E-state index in [1.54, 1.807) is 44.2 Å². The number of hydrogen-bond acceptors (Lipinski definition) is 4. The number of carbonyl (C=O) groups excluding carboxylic acids is 2. The van der Waals surface area contributed by atoms with Crippen LogP contribution in [-0.2, 0) is 4.79 Å². The zero-order chi connectivity index (χ0) is 17.7. The predicted octanol–water partition coefficient (Wildman–Crippen LogP) is 3.50. The molecular formula is C17H17N3O4. The molecule has 2 aromatic rings. The number of nitrogens with zero attached hydrogens (tertiary/aromatic N) is 1. The Morgan fingerprint density at radius 3 is 2.33 bits per heavy atom. The van der Waals surface area contributed by atoms with E-state index in [0.717, 1.165) is 5.56 Å². The summed E-state index contributed by atoms with van der Waals surface area (Å²) in [6.07, 6.45) is 0.369. The maximum atomic E-state index is 12.3. The van der Waals surface area contributed by atoms with Gasteiger partial charge in [0, 0.05) is 29.8 Å². The average Bonchev–Trinajstić information content (AvgIpc) is 2.57. The lowest BCUT2D eigenvalue weighted by Crippen LogP contribution is -2.13. The predicted molar refractivity (Wildman–Crippen MR) is 91.1 cm³/mol. The topological polar surface area (TPSA) is 101 Å². The second-order valence-corrected chi connectivity index (χ2v) is 5.19. The lowest BCUT2D eigenvalue weighted by Gasteiger charge is -2.09. The zero-order valence-electron chi connectivity index (χ0n) is 13.3. The largest absolute Gasteiger partial charge is 0.326 e. The molecule has 0 radical (unpaired) electrons. The number of non-ortho nitro benzene ring substituents is 1. The van der Waals surface area contributed by atoms with Crippen molar-refractivity contribution < 1.29 is 14.5 Å². The summed E-state index contributed by atoms with van der Waals surface area (Å²) in [4.78, 5) is 33.9. The van der Waals surface area contributed by atoms with Crippen molar-refractivity contribution in [3.63, 3.8) is 0 Å². The molecule has 0 atom stereocenters. The normalized spacial score (nSPS) is 10.1. The Kier molecular flexibility index (Phi) is 5.26. The van der Waals surface area contributed by atoms with E-state index in [0.29, 0.717) is 23.4 Å². The first-order valence-electron chi connectivity index (χ1n) is 7.37. The molecule has 0 saturated heterocycles. The summed E-state index contributed by atoms with van der Waals surface area (Å²) in [5.74, 6) is -0.494. The quantitative estimate of drug-likeness (QED) is 0.648. The van der Waals surface area contributed by atoms with Crippen molar-refractivity contribution in [2.75, 3.05) is 10.6 Å². The Balaban J connectivity index is 2.14. The summed E-state index contributed by atoms with van der Waals surface area (Å²) in [6.45, 7) is 3.50. The third-order valence-electron chi connectivity index (χ3n) is 3.43. The molecule has 7 heteroatoms. The van der Waals surface area contributed by atoms with Crippen LogP contribution in [-0.4, -0.2) is 16.7 Å². The molecular weight excluding hydrogens is 310 g/mol. The highest BCUT2D eigenvalue weighted by Gasteiger charge is 2.12. The fourth-order valence-electron chi connectivity index (χ4n) is 2.01. The number of hydrogen-bond donors (Lipinski definition) is 2. The van der Waals surface area contributed by atoms with Crippen molar-refractivity contribution in [2.24, 2.45) is 0 Å². The molecule has 2 amide bonds. The zero-order valence-corrected chi connectivity index (χ0v) is 13.3. The van der Waals surface area contributed by atoms with Crippen molar-refractivity contribution in [3.05, 3.63) is 63.7 Å². The van der Waals surface area contributed by atoms with Gasteiger partial charge >= 0.3 is 0 Å². The van der Waals surface area contributed by atoms with Gasteiger partial charge in [0.05, 0.1) is 10.6 Å². The fourth-order valence-corrected chi connectivity index (χ4v) is 2.01. The minimum absolute atomic E-state index is 0.0893. The van der Waals surface area contributed by atoms with Gasteiger partial charge in [-0.25, -0.2) is 0 Å². The number of amides is 2. The lowest BCUT2D eigenvalue weighted by atomic mass is 10.1. The van der Waals surface area contributed by atoms with E-state index in [4.69, 9.17) is 0 Å². The molecule has 124 valence electrons. The summed E-state index contributed by atoms with van der Waals surface area (Å²) in [5, 5.41) is 16.2. The van der Waals surface area contributed by atoms with Gasteiger partial charge in [-0.1, -0.05) is 13.0 Å². The van der Waals surface area contributed by atoms with E-state index in [2.05, 4.69) is 10.6 Å². The Morgan fingerprint density at radius 1 is 1.08 bits per heavy atom. The molecule has 0 spiro atoms. The summed E-state index contributed by atoms with van der Waals surface area (Å²) < 4.78 is 0. The second-order valence-electron chi connectivity index (χ2n) is 5.19. The maximum absolute atomic E-state index is 12.3. The highest BCUT2D eigenvalue weighted by molar-refractivity contribution is 6.05. The first-order valence-corrected chi connectivity index (χ1v) is 7.37. The Bertz CT molecular complexity index is 785. The van der Waals surface area contributed by atoms with Crippen molar-refractivity contribution in [1.82, 2.24) is 0 Å².